The van der Waals surface area contributed by atoms with Crippen molar-refractivity contribution < 1.29 is 5.11 Å². The molecule has 0 aromatic heterocycles. The molecule has 82 valence electrons. The van der Waals surface area contributed by atoms with E-state index in [1.807, 2.05) is 0 Å². The van der Waals surface area contributed by atoms with Crippen LogP contribution >= 0.6 is 0 Å². The SMILES string of the molecule is NNC(N)=NCC1(CO)CCCCC1. The van der Waals surface area contributed by atoms with Crippen molar-refractivity contribution in [1.82, 2.24) is 5.43 Å². The molecule has 0 atom stereocenters. The Hall–Kier alpha value is -0.810. The number of hydrogen-bond acceptors (Lipinski definition) is 3. The number of nitrogens with one attached hydrogen (secondary N) is 1. The Morgan fingerprint density at radius 2 is 2.00 bits per heavy atom. The van der Waals surface area contributed by atoms with Crippen LogP contribution in [0.5, 0.6) is 0 Å². The number of rotatable bonds is 3. The summed E-state index contributed by atoms with van der Waals surface area (Å²) in [6.07, 6.45) is 5.67. The first-order chi connectivity index (χ1) is 6.72. The fourth-order valence-electron chi connectivity index (χ4n) is 1.97. The summed E-state index contributed by atoms with van der Waals surface area (Å²) in [6.45, 7) is 0.758. The summed E-state index contributed by atoms with van der Waals surface area (Å²) in [7, 11) is 0. The number of guanidine groups is 1. The standard InChI is InChI=1S/C9H20N4O/c10-8(13-11)12-6-9(7-14)4-2-1-3-5-9/h14H,1-7,11H2,(H3,10,12,13). The summed E-state index contributed by atoms with van der Waals surface area (Å²) in [5, 5.41) is 9.37. The third-order valence-corrected chi connectivity index (χ3v) is 2.98. The molecule has 0 aliphatic heterocycles. The lowest BCUT2D eigenvalue weighted by Crippen LogP contribution is -2.39. The summed E-state index contributed by atoms with van der Waals surface area (Å²) in [5.41, 5.74) is 7.67. The molecule has 1 aliphatic carbocycles. The van der Waals surface area contributed by atoms with E-state index < -0.39 is 0 Å². The molecule has 0 aromatic carbocycles. The Labute approximate surface area is 84.5 Å². The zero-order valence-electron chi connectivity index (χ0n) is 8.50. The van der Waals surface area contributed by atoms with E-state index in [1.54, 1.807) is 0 Å². The molecule has 0 saturated heterocycles. The zero-order valence-corrected chi connectivity index (χ0v) is 8.50. The number of aliphatic hydroxyl groups excluding tert-OH is 1. The molecule has 5 nitrogen and oxygen atoms in total. The number of hydrogen-bond donors (Lipinski definition) is 4. The van der Waals surface area contributed by atoms with Crippen molar-refractivity contribution in [3.8, 4) is 0 Å². The first kappa shape index (κ1) is 11.3. The molecule has 1 rings (SSSR count). The van der Waals surface area contributed by atoms with E-state index in [4.69, 9.17) is 11.6 Å². The van der Waals surface area contributed by atoms with Crippen molar-refractivity contribution >= 4 is 5.96 Å². The Bertz CT molecular complexity index is 199. The van der Waals surface area contributed by atoms with E-state index in [-0.39, 0.29) is 18.0 Å². The third kappa shape index (κ3) is 2.85. The summed E-state index contributed by atoms with van der Waals surface area (Å²) >= 11 is 0. The van der Waals surface area contributed by atoms with Crippen molar-refractivity contribution in [3.05, 3.63) is 0 Å². The smallest absolute Gasteiger partial charge is 0.203 e. The van der Waals surface area contributed by atoms with Gasteiger partial charge in [0.15, 0.2) is 0 Å². The highest BCUT2D eigenvalue weighted by Crippen LogP contribution is 2.35. The van der Waals surface area contributed by atoms with E-state index >= 15 is 0 Å². The quantitative estimate of drug-likeness (QED) is 0.218. The van der Waals surface area contributed by atoms with Gasteiger partial charge < -0.3 is 10.8 Å². The second-order valence-electron chi connectivity index (χ2n) is 4.06. The molecule has 14 heavy (non-hydrogen) atoms. The molecule has 0 aromatic rings. The Morgan fingerprint density at radius 1 is 1.36 bits per heavy atom. The largest absolute Gasteiger partial charge is 0.396 e. The van der Waals surface area contributed by atoms with Crippen LogP contribution in [0.3, 0.4) is 0 Å². The normalized spacial score (nSPS) is 22.0. The predicted molar refractivity (Wildman–Crippen MR) is 56.4 cm³/mol. The van der Waals surface area contributed by atoms with Gasteiger partial charge in [0.25, 0.3) is 0 Å². The lowest BCUT2D eigenvalue weighted by atomic mass is 9.75. The van der Waals surface area contributed by atoms with E-state index in [0.717, 1.165) is 12.8 Å². The molecule has 0 heterocycles. The van der Waals surface area contributed by atoms with Crippen LogP contribution in [0.4, 0.5) is 0 Å². The highest BCUT2D eigenvalue weighted by Gasteiger charge is 2.31. The van der Waals surface area contributed by atoms with Crippen LogP contribution in [-0.2, 0) is 0 Å². The molecule has 1 fully saturated rings. The molecule has 0 spiro atoms. The van der Waals surface area contributed by atoms with Gasteiger partial charge in [-0.1, -0.05) is 19.3 Å². The molecule has 5 heteroatoms. The summed E-state index contributed by atoms with van der Waals surface area (Å²) < 4.78 is 0. The van der Waals surface area contributed by atoms with Gasteiger partial charge in [0.2, 0.25) is 5.96 Å². The molecule has 6 N–H and O–H groups in total. The van der Waals surface area contributed by atoms with Crippen LogP contribution in [0, 0.1) is 5.41 Å². The predicted octanol–water partition coefficient (Wildman–Crippen LogP) is -0.293. The van der Waals surface area contributed by atoms with Gasteiger partial charge in [-0.05, 0) is 12.8 Å². The van der Waals surface area contributed by atoms with Gasteiger partial charge in [0, 0.05) is 5.41 Å². The molecule has 0 unspecified atom stereocenters. The average Bonchev–Trinajstić information content (AvgIpc) is 2.27. The number of nitrogens with two attached hydrogens (primary N) is 2. The highest BCUT2D eigenvalue weighted by molar-refractivity contribution is 5.77. The lowest BCUT2D eigenvalue weighted by Gasteiger charge is -2.34. The van der Waals surface area contributed by atoms with Gasteiger partial charge in [-0.15, -0.1) is 0 Å². The van der Waals surface area contributed by atoms with Gasteiger partial charge in [0.1, 0.15) is 0 Å². The third-order valence-electron chi connectivity index (χ3n) is 2.98. The van der Waals surface area contributed by atoms with Crippen molar-refractivity contribution in [2.75, 3.05) is 13.2 Å². The van der Waals surface area contributed by atoms with Gasteiger partial charge in [-0.3, -0.25) is 10.4 Å². The number of nitrogens with zero attached hydrogens (tertiary/aromatic N) is 1. The maximum absolute atomic E-state index is 9.37. The van der Waals surface area contributed by atoms with Crippen LogP contribution in [-0.4, -0.2) is 24.2 Å². The summed E-state index contributed by atoms with van der Waals surface area (Å²) in [6, 6.07) is 0. The average molecular weight is 200 g/mol. The van der Waals surface area contributed by atoms with E-state index in [0.29, 0.717) is 6.54 Å². The minimum atomic E-state index is -0.0558. The molecule has 1 saturated carbocycles. The Balaban J connectivity index is 2.52. The van der Waals surface area contributed by atoms with Gasteiger partial charge in [-0.2, -0.15) is 0 Å². The number of hydrazine groups is 1. The number of aliphatic imine (C=N–C) groups is 1. The van der Waals surface area contributed by atoms with E-state index in [1.165, 1.54) is 19.3 Å². The topological polar surface area (TPSA) is 96.7 Å². The van der Waals surface area contributed by atoms with Gasteiger partial charge in [-0.25, -0.2) is 5.84 Å². The minimum Gasteiger partial charge on any atom is -0.396 e. The van der Waals surface area contributed by atoms with Crippen LogP contribution < -0.4 is 17.0 Å². The maximum atomic E-state index is 9.37. The molecular formula is C9H20N4O. The summed E-state index contributed by atoms with van der Waals surface area (Å²) in [4.78, 5) is 4.11. The Kier molecular flexibility index (Phi) is 4.16. The van der Waals surface area contributed by atoms with Gasteiger partial charge >= 0.3 is 0 Å². The molecule has 1 aliphatic rings. The van der Waals surface area contributed by atoms with Gasteiger partial charge in [0.05, 0.1) is 13.2 Å². The van der Waals surface area contributed by atoms with Crippen LogP contribution in [0.2, 0.25) is 0 Å². The van der Waals surface area contributed by atoms with Crippen LogP contribution in [0.1, 0.15) is 32.1 Å². The fourth-order valence-corrected chi connectivity index (χ4v) is 1.97. The lowest BCUT2D eigenvalue weighted by molar-refractivity contribution is 0.0907. The van der Waals surface area contributed by atoms with E-state index in [9.17, 15) is 5.11 Å². The van der Waals surface area contributed by atoms with Crippen LogP contribution in [0.25, 0.3) is 0 Å². The fraction of sp³-hybridized carbons (Fsp3) is 0.889. The molecule has 0 amide bonds. The summed E-state index contributed by atoms with van der Waals surface area (Å²) in [5.74, 6) is 5.34. The van der Waals surface area contributed by atoms with Crippen molar-refractivity contribution in [3.63, 3.8) is 0 Å². The second-order valence-corrected chi connectivity index (χ2v) is 4.06. The van der Waals surface area contributed by atoms with Crippen molar-refractivity contribution in [2.24, 2.45) is 22.0 Å². The van der Waals surface area contributed by atoms with Crippen LogP contribution in [0.15, 0.2) is 4.99 Å². The minimum absolute atomic E-state index is 0.0558. The molecule has 0 radical (unpaired) electrons. The van der Waals surface area contributed by atoms with E-state index in [2.05, 4.69) is 10.4 Å². The zero-order chi connectivity index (χ0) is 10.4. The monoisotopic (exact) mass is 200 g/mol. The molecule has 0 bridgehead atoms. The number of aliphatic hydroxyl groups is 1. The molecular weight excluding hydrogens is 180 g/mol. The first-order valence-electron chi connectivity index (χ1n) is 5.10. The maximum Gasteiger partial charge on any atom is 0.203 e. The highest BCUT2D eigenvalue weighted by atomic mass is 16.3. The van der Waals surface area contributed by atoms with Crippen molar-refractivity contribution in [2.45, 2.75) is 32.1 Å². The first-order valence-corrected chi connectivity index (χ1v) is 5.10. The van der Waals surface area contributed by atoms with Crippen molar-refractivity contribution in [1.29, 1.82) is 0 Å². The Morgan fingerprint density at radius 3 is 2.50 bits per heavy atom. The second kappa shape index (κ2) is 5.17.